The Morgan fingerprint density at radius 2 is 1.89 bits per heavy atom. The average Bonchev–Trinajstić information content (AvgIpc) is 3.17. The summed E-state index contributed by atoms with van der Waals surface area (Å²) in [6.07, 6.45) is 3.87. The quantitative estimate of drug-likeness (QED) is 0.743. The highest BCUT2D eigenvalue weighted by atomic mass is 32.2. The van der Waals surface area contributed by atoms with E-state index in [0.29, 0.717) is 25.7 Å². The zero-order chi connectivity index (χ0) is 19.3. The molecule has 0 aliphatic carbocycles. The third-order valence-corrected chi connectivity index (χ3v) is 6.08. The van der Waals surface area contributed by atoms with E-state index in [1.807, 2.05) is 30.3 Å². The second-order valence-electron chi connectivity index (χ2n) is 7.24. The second-order valence-corrected chi connectivity index (χ2v) is 9.01. The first-order valence-corrected chi connectivity index (χ1v) is 10.9. The third-order valence-electron chi connectivity index (χ3n) is 4.70. The number of sulfonamides is 1. The summed E-state index contributed by atoms with van der Waals surface area (Å²) in [6, 6.07) is 9.62. The van der Waals surface area contributed by atoms with Crippen molar-refractivity contribution in [3.8, 4) is 5.69 Å². The highest BCUT2D eigenvalue weighted by Crippen LogP contribution is 2.15. The summed E-state index contributed by atoms with van der Waals surface area (Å²) in [5.74, 6) is 0.489. The number of nitrogens with zero attached hydrogens (tertiary/aromatic N) is 3. The van der Waals surface area contributed by atoms with Crippen molar-refractivity contribution in [2.24, 2.45) is 5.92 Å². The zero-order valence-corrected chi connectivity index (χ0v) is 16.7. The first kappa shape index (κ1) is 20.0. The van der Waals surface area contributed by atoms with Gasteiger partial charge in [-0.1, -0.05) is 32.0 Å². The smallest absolute Gasteiger partial charge is 0.243 e. The van der Waals surface area contributed by atoms with E-state index in [9.17, 15) is 8.42 Å². The largest absolute Gasteiger partial charge is 0.379 e. The van der Waals surface area contributed by atoms with Crippen molar-refractivity contribution in [1.29, 1.82) is 0 Å². The monoisotopic (exact) mass is 392 g/mol. The molecule has 8 heteroatoms. The predicted molar refractivity (Wildman–Crippen MR) is 104 cm³/mol. The first-order chi connectivity index (χ1) is 13.0. The second kappa shape index (κ2) is 8.97. The fraction of sp³-hybridized carbons (Fsp3) is 0.526. The minimum absolute atomic E-state index is 0.160. The number of morpholine rings is 1. The van der Waals surface area contributed by atoms with Crippen LogP contribution in [0.3, 0.4) is 0 Å². The molecule has 0 bridgehead atoms. The van der Waals surface area contributed by atoms with Crippen molar-refractivity contribution < 1.29 is 13.2 Å². The zero-order valence-electron chi connectivity index (χ0n) is 15.9. The number of nitrogens with one attached hydrogen (secondary N) is 1. The molecule has 1 aromatic carbocycles. The van der Waals surface area contributed by atoms with E-state index in [1.165, 1.54) is 6.20 Å². The lowest BCUT2D eigenvalue weighted by Crippen LogP contribution is -2.49. The molecule has 0 saturated carbocycles. The van der Waals surface area contributed by atoms with Crippen LogP contribution >= 0.6 is 0 Å². The van der Waals surface area contributed by atoms with E-state index < -0.39 is 10.0 Å². The molecule has 27 heavy (non-hydrogen) atoms. The van der Waals surface area contributed by atoms with Crippen LogP contribution in [0.2, 0.25) is 0 Å². The SMILES string of the molecule is CC(C)CC(CNS(=O)(=O)c1cnn(-c2ccccc2)c1)N1CCOCC1. The molecule has 1 unspecified atom stereocenters. The average molecular weight is 393 g/mol. The molecule has 2 heterocycles. The predicted octanol–water partition coefficient (Wildman–Crippen LogP) is 1.90. The van der Waals surface area contributed by atoms with Crippen molar-refractivity contribution >= 4 is 10.0 Å². The lowest BCUT2D eigenvalue weighted by molar-refractivity contribution is 0.0134. The van der Waals surface area contributed by atoms with Gasteiger partial charge in [0.25, 0.3) is 0 Å². The Labute approximate surface area is 161 Å². The van der Waals surface area contributed by atoms with E-state index in [1.54, 1.807) is 10.9 Å². The lowest BCUT2D eigenvalue weighted by Gasteiger charge is -2.35. The van der Waals surface area contributed by atoms with Crippen LogP contribution < -0.4 is 4.72 Å². The summed E-state index contributed by atoms with van der Waals surface area (Å²) in [7, 11) is -3.61. The molecule has 3 rings (SSSR count). The maximum Gasteiger partial charge on any atom is 0.243 e. The summed E-state index contributed by atoms with van der Waals surface area (Å²) in [6.45, 7) is 7.78. The van der Waals surface area contributed by atoms with Gasteiger partial charge in [-0.25, -0.2) is 17.8 Å². The number of rotatable bonds is 8. The van der Waals surface area contributed by atoms with Crippen LogP contribution in [0, 0.1) is 5.92 Å². The fourth-order valence-electron chi connectivity index (χ4n) is 3.30. The third kappa shape index (κ3) is 5.38. The number of aromatic nitrogens is 2. The van der Waals surface area contributed by atoms with E-state index in [4.69, 9.17) is 4.74 Å². The van der Waals surface area contributed by atoms with Gasteiger partial charge in [0.05, 0.1) is 31.3 Å². The maximum atomic E-state index is 12.7. The highest BCUT2D eigenvalue weighted by molar-refractivity contribution is 7.89. The Balaban J connectivity index is 1.68. The Morgan fingerprint density at radius 1 is 1.19 bits per heavy atom. The molecule has 0 radical (unpaired) electrons. The molecule has 1 fully saturated rings. The van der Waals surface area contributed by atoms with Gasteiger partial charge in [-0.15, -0.1) is 0 Å². The van der Waals surface area contributed by atoms with E-state index in [0.717, 1.165) is 25.2 Å². The highest BCUT2D eigenvalue weighted by Gasteiger charge is 2.25. The van der Waals surface area contributed by atoms with E-state index in [2.05, 4.69) is 28.6 Å². The van der Waals surface area contributed by atoms with E-state index >= 15 is 0 Å². The summed E-state index contributed by atoms with van der Waals surface area (Å²) in [5, 5.41) is 4.19. The molecule has 148 valence electrons. The Hall–Kier alpha value is -1.74. The van der Waals surface area contributed by atoms with Crippen LogP contribution in [0.1, 0.15) is 20.3 Å². The minimum Gasteiger partial charge on any atom is -0.379 e. The Kier molecular flexibility index (Phi) is 6.64. The topological polar surface area (TPSA) is 76.5 Å². The summed E-state index contributed by atoms with van der Waals surface area (Å²) in [4.78, 5) is 2.50. The molecule has 7 nitrogen and oxygen atoms in total. The van der Waals surface area contributed by atoms with Gasteiger partial charge >= 0.3 is 0 Å². The molecule has 0 amide bonds. The molecule has 1 aliphatic heterocycles. The maximum absolute atomic E-state index is 12.7. The summed E-state index contributed by atoms with van der Waals surface area (Å²) in [5.41, 5.74) is 0.824. The van der Waals surface area contributed by atoms with E-state index in [-0.39, 0.29) is 10.9 Å². The van der Waals surface area contributed by atoms with Crippen LogP contribution in [-0.4, -0.2) is 62.0 Å². The van der Waals surface area contributed by atoms with Gasteiger partial charge in [0.1, 0.15) is 4.90 Å². The Morgan fingerprint density at radius 3 is 2.56 bits per heavy atom. The van der Waals surface area contributed by atoms with Gasteiger partial charge in [-0.3, -0.25) is 4.90 Å². The molecule has 1 saturated heterocycles. The van der Waals surface area contributed by atoms with Gasteiger partial charge in [-0.05, 0) is 24.5 Å². The van der Waals surface area contributed by atoms with Crippen molar-refractivity contribution in [3.05, 3.63) is 42.7 Å². The molecular formula is C19H28N4O3S. The molecule has 1 aromatic heterocycles. The van der Waals surface area contributed by atoms with Gasteiger partial charge < -0.3 is 4.74 Å². The first-order valence-electron chi connectivity index (χ1n) is 9.37. The van der Waals surface area contributed by atoms with Crippen molar-refractivity contribution in [1.82, 2.24) is 19.4 Å². The number of para-hydroxylation sites is 1. The summed E-state index contributed by atoms with van der Waals surface area (Å²) >= 11 is 0. The minimum atomic E-state index is -3.61. The van der Waals surface area contributed by atoms with Crippen LogP contribution in [-0.2, 0) is 14.8 Å². The van der Waals surface area contributed by atoms with Crippen LogP contribution in [0.4, 0.5) is 0 Å². The number of benzene rings is 1. The lowest BCUT2D eigenvalue weighted by atomic mass is 10.0. The molecule has 0 spiro atoms. The Bertz CT molecular complexity index is 814. The molecule has 1 aliphatic rings. The molecule has 1 N–H and O–H groups in total. The van der Waals surface area contributed by atoms with Crippen LogP contribution in [0.15, 0.2) is 47.6 Å². The normalized spacial score (nSPS) is 17.3. The van der Waals surface area contributed by atoms with Gasteiger partial charge in [-0.2, -0.15) is 5.10 Å². The van der Waals surface area contributed by atoms with Crippen molar-refractivity contribution in [3.63, 3.8) is 0 Å². The number of hydrogen-bond acceptors (Lipinski definition) is 5. The van der Waals surface area contributed by atoms with Crippen molar-refractivity contribution in [2.45, 2.75) is 31.2 Å². The molecule has 1 atom stereocenters. The van der Waals surface area contributed by atoms with Gasteiger partial charge in [0.2, 0.25) is 10.0 Å². The van der Waals surface area contributed by atoms with Crippen LogP contribution in [0.5, 0.6) is 0 Å². The number of hydrogen-bond donors (Lipinski definition) is 1. The van der Waals surface area contributed by atoms with Gasteiger partial charge in [0.15, 0.2) is 0 Å². The number of ether oxygens (including phenoxy) is 1. The fourth-order valence-corrected chi connectivity index (χ4v) is 4.31. The standard InChI is InChI=1S/C19H28N4O3S/c1-16(2)12-18(22-8-10-26-11-9-22)13-21-27(24,25)19-14-20-23(15-19)17-6-4-3-5-7-17/h3-7,14-16,18,21H,8-13H2,1-2H3. The summed E-state index contributed by atoms with van der Waals surface area (Å²) < 4.78 is 35.3. The van der Waals surface area contributed by atoms with Crippen molar-refractivity contribution in [2.75, 3.05) is 32.8 Å². The van der Waals surface area contributed by atoms with Gasteiger partial charge in [0, 0.05) is 25.7 Å². The molecular weight excluding hydrogens is 364 g/mol. The molecule has 2 aromatic rings. The van der Waals surface area contributed by atoms with Crippen LogP contribution in [0.25, 0.3) is 5.69 Å².